The van der Waals surface area contributed by atoms with Crippen molar-refractivity contribution in [3.63, 3.8) is 0 Å². The predicted molar refractivity (Wildman–Crippen MR) is 45.7 cm³/mol. The molecule has 2 N–H and O–H groups in total. The summed E-state index contributed by atoms with van der Waals surface area (Å²) in [5.74, 6) is -0.895. The molecule has 0 aromatic carbocycles. The molecule has 1 aromatic rings. The first-order chi connectivity index (χ1) is 6.06. The van der Waals surface area contributed by atoms with E-state index in [0.717, 1.165) is 0 Å². The maximum absolute atomic E-state index is 12.5. The van der Waals surface area contributed by atoms with Crippen LogP contribution in [0.3, 0.4) is 0 Å². The van der Waals surface area contributed by atoms with Gasteiger partial charge in [-0.15, -0.1) is 0 Å². The topological polar surface area (TPSA) is 43.8 Å². The van der Waals surface area contributed by atoms with Gasteiger partial charge in [0.1, 0.15) is 0 Å². The van der Waals surface area contributed by atoms with Gasteiger partial charge in [-0.1, -0.05) is 0 Å². The number of rotatable bonds is 3. The average Bonchev–Trinajstić information content (AvgIpc) is 2.31. The summed E-state index contributed by atoms with van der Waals surface area (Å²) in [7, 11) is 1.70. The SMILES string of the molecule is Cc1nn(C)cc1C(CN)C(F)F. The van der Waals surface area contributed by atoms with E-state index in [2.05, 4.69) is 5.10 Å². The molecule has 0 radical (unpaired) electrons. The summed E-state index contributed by atoms with van der Waals surface area (Å²) >= 11 is 0. The van der Waals surface area contributed by atoms with Gasteiger partial charge in [0.05, 0.1) is 11.6 Å². The highest BCUT2D eigenvalue weighted by molar-refractivity contribution is 5.21. The van der Waals surface area contributed by atoms with Crippen molar-refractivity contribution in [3.8, 4) is 0 Å². The van der Waals surface area contributed by atoms with Gasteiger partial charge < -0.3 is 5.73 Å². The standard InChI is InChI=1S/C8H13F2N3/c1-5-7(4-13(2)12-5)6(3-11)8(9)10/h4,6,8H,3,11H2,1-2H3. The number of halogens is 2. The monoisotopic (exact) mass is 189 g/mol. The lowest BCUT2D eigenvalue weighted by atomic mass is 10.0. The molecule has 1 atom stereocenters. The molecule has 0 fully saturated rings. The van der Waals surface area contributed by atoms with Crippen LogP contribution in [0.4, 0.5) is 8.78 Å². The van der Waals surface area contributed by atoms with Gasteiger partial charge in [0, 0.05) is 25.4 Å². The summed E-state index contributed by atoms with van der Waals surface area (Å²) < 4.78 is 26.4. The minimum atomic E-state index is -2.42. The molecule has 13 heavy (non-hydrogen) atoms. The van der Waals surface area contributed by atoms with Crippen molar-refractivity contribution in [1.29, 1.82) is 0 Å². The van der Waals surface area contributed by atoms with Crippen LogP contribution in [0.1, 0.15) is 17.2 Å². The number of nitrogens with two attached hydrogens (primary N) is 1. The Hall–Kier alpha value is -0.970. The van der Waals surface area contributed by atoms with Gasteiger partial charge in [-0.25, -0.2) is 8.78 Å². The van der Waals surface area contributed by atoms with Crippen molar-refractivity contribution < 1.29 is 8.78 Å². The van der Waals surface area contributed by atoms with Gasteiger partial charge in [0.2, 0.25) is 6.43 Å². The van der Waals surface area contributed by atoms with Crippen LogP contribution >= 0.6 is 0 Å². The molecule has 0 aliphatic carbocycles. The largest absolute Gasteiger partial charge is 0.330 e. The smallest absolute Gasteiger partial charge is 0.246 e. The fourth-order valence-corrected chi connectivity index (χ4v) is 1.35. The molecule has 3 nitrogen and oxygen atoms in total. The number of hydrogen-bond donors (Lipinski definition) is 1. The van der Waals surface area contributed by atoms with Gasteiger partial charge in [0.15, 0.2) is 0 Å². The number of alkyl halides is 2. The quantitative estimate of drug-likeness (QED) is 0.772. The van der Waals surface area contributed by atoms with Crippen molar-refractivity contribution in [1.82, 2.24) is 9.78 Å². The second kappa shape index (κ2) is 3.83. The summed E-state index contributed by atoms with van der Waals surface area (Å²) in [6, 6.07) is 0. The van der Waals surface area contributed by atoms with E-state index in [-0.39, 0.29) is 6.54 Å². The third kappa shape index (κ3) is 2.03. The lowest BCUT2D eigenvalue weighted by Crippen LogP contribution is -2.19. The van der Waals surface area contributed by atoms with E-state index in [1.54, 1.807) is 20.2 Å². The highest BCUT2D eigenvalue weighted by Gasteiger charge is 2.24. The Labute approximate surface area is 75.5 Å². The highest BCUT2D eigenvalue weighted by Crippen LogP contribution is 2.24. The second-order valence-electron chi connectivity index (χ2n) is 3.02. The maximum Gasteiger partial charge on any atom is 0.246 e. The first kappa shape index (κ1) is 10.1. The molecule has 0 aliphatic heterocycles. The van der Waals surface area contributed by atoms with Crippen molar-refractivity contribution in [3.05, 3.63) is 17.5 Å². The third-order valence-electron chi connectivity index (χ3n) is 2.01. The van der Waals surface area contributed by atoms with E-state index < -0.39 is 12.3 Å². The van der Waals surface area contributed by atoms with E-state index >= 15 is 0 Å². The van der Waals surface area contributed by atoms with Crippen LogP contribution in [-0.2, 0) is 7.05 Å². The minimum absolute atomic E-state index is 0.0514. The van der Waals surface area contributed by atoms with E-state index in [9.17, 15) is 8.78 Å². The summed E-state index contributed by atoms with van der Waals surface area (Å²) in [6.07, 6.45) is -0.827. The maximum atomic E-state index is 12.5. The van der Waals surface area contributed by atoms with Crippen LogP contribution < -0.4 is 5.73 Å². The molecule has 1 heterocycles. The molecule has 0 aliphatic rings. The molecule has 0 bridgehead atoms. The van der Waals surface area contributed by atoms with Crippen molar-refractivity contribution in [2.24, 2.45) is 12.8 Å². The second-order valence-corrected chi connectivity index (χ2v) is 3.02. The molecular weight excluding hydrogens is 176 g/mol. The molecule has 0 saturated heterocycles. The molecule has 1 aromatic heterocycles. The molecule has 1 unspecified atom stereocenters. The van der Waals surface area contributed by atoms with Gasteiger partial charge in [-0.2, -0.15) is 5.10 Å². The lowest BCUT2D eigenvalue weighted by molar-refractivity contribution is 0.117. The number of aromatic nitrogens is 2. The summed E-state index contributed by atoms with van der Waals surface area (Å²) in [4.78, 5) is 0. The molecule has 1 rings (SSSR count). The van der Waals surface area contributed by atoms with Crippen molar-refractivity contribution >= 4 is 0 Å². The Kier molecular flexibility index (Phi) is 2.98. The molecule has 5 heteroatoms. The zero-order valence-electron chi connectivity index (χ0n) is 7.67. The van der Waals surface area contributed by atoms with Gasteiger partial charge in [0.25, 0.3) is 0 Å². The highest BCUT2D eigenvalue weighted by atomic mass is 19.3. The zero-order valence-corrected chi connectivity index (χ0v) is 7.67. The Morgan fingerprint density at radius 1 is 1.62 bits per heavy atom. The fraction of sp³-hybridized carbons (Fsp3) is 0.625. The molecule has 0 saturated carbocycles. The first-order valence-electron chi connectivity index (χ1n) is 4.04. The van der Waals surface area contributed by atoms with E-state index in [0.29, 0.717) is 11.3 Å². The van der Waals surface area contributed by atoms with Crippen LogP contribution in [0.5, 0.6) is 0 Å². The Bertz CT molecular complexity index is 283. The lowest BCUT2D eigenvalue weighted by Gasteiger charge is -2.11. The summed E-state index contributed by atoms with van der Waals surface area (Å²) in [6.45, 7) is 1.66. The van der Waals surface area contributed by atoms with Crippen molar-refractivity contribution in [2.75, 3.05) is 6.54 Å². The normalized spacial score (nSPS) is 13.7. The van der Waals surface area contributed by atoms with Crippen LogP contribution in [0.25, 0.3) is 0 Å². The molecular formula is C8H13F2N3. The zero-order chi connectivity index (χ0) is 10.0. The third-order valence-corrected chi connectivity index (χ3v) is 2.01. The number of nitrogens with zero attached hydrogens (tertiary/aromatic N) is 2. The van der Waals surface area contributed by atoms with Crippen LogP contribution in [0.2, 0.25) is 0 Å². The summed E-state index contributed by atoms with van der Waals surface area (Å²) in [5.41, 5.74) is 6.43. The first-order valence-corrected chi connectivity index (χ1v) is 4.04. The minimum Gasteiger partial charge on any atom is -0.330 e. The van der Waals surface area contributed by atoms with Gasteiger partial charge >= 0.3 is 0 Å². The van der Waals surface area contributed by atoms with Gasteiger partial charge in [-0.3, -0.25) is 4.68 Å². The van der Waals surface area contributed by atoms with Crippen molar-refractivity contribution in [2.45, 2.75) is 19.3 Å². The van der Waals surface area contributed by atoms with E-state index in [1.165, 1.54) is 4.68 Å². The van der Waals surface area contributed by atoms with E-state index in [4.69, 9.17) is 5.73 Å². The fourth-order valence-electron chi connectivity index (χ4n) is 1.35. The average molecular weight is 189 g/mol. The molecule has 0 amide bonds. The Morgan fingerprint density at radius 3 is 2.54 bits per heavy atom. The predicted octanol–water partition coefficient (Wildman–Crippen LogP) is 1.04. The van der Waals surface area contributed by atoms with Gasteiger partial charge in [-0.05, 0) is 6.92 Å². The summed E-state index contributed by atoms with van der Waals surface area (Å²) in [5, 5.41) is 3.99. The number of hydrogen-bond acceptors (Lipinski definition) is 2. The Morgan fingerprint density at radius 2 is 2.23 bits per heavy atom. The van der Waals surface area contributed by atoms with E-state index in [1.807, 2.05) is 0 Å². The van der Waals surface area contributed by atoms with Crippen LogP contribution in [0.15, 0.2) is 6.20 Å². The van der Waals surface area contributed by atoms with Crippen LogP contribution in [0, 0.1) is 6.92 Å². The molecule has 74 valence electrons. The number of aryl methyl sites for hydroxylation is 2. The Balaban J connectivity index is 2.97. The van der Waals surface area contributed by atoms with Crippen LogP contribution in [-0.4, -0.2) is 22.8 Å². The molecule has 0 spiro atoms.